The summed E-state index contributed by atoms with van der Waals surface area (Å²) >= 11 is 0. The van der Waals surface area contributed by atoms with Gasteiger partial charge in [-0.05, 0) is 118 Å². The molecular formula is C40H69N3O8. The number of ether oxygens (including phenoxy) is 3. The van der Waals surface area contributed by atoms with E-state index in [9.17, 15) is 24.9 Å². The van der Waals surface area contributed by atoms with Crippen LogP contribution in [0.5, 0.6) is 0 Å². The molecule has 12 atom stereocenters. The van der Waals surface area contributed by atoms with Crippen molar-refractivity contribution < 1.29 is 39.1 Å². The molecule has 0 amide bonds. The molecule has 0 aromatic rings. The van der Waals surface area contributed by atoms with E-state index in [1.54, 1.807) is 32.0 Å². The molecule has 0 spiro atoms. The molecule has 4 aliphatic heterocycles. The predicted molar refractivity (Wildman–Crippen MR) is 198 cm³/mol. The molecule has 0 bridgehead atoms. The van der Waals surface area contributed by atoms with Gasteiger partial charge in [-0.3, -0.25) is 9.59 Å². The SMILES string of the molecule is CC1=C\[C@H](CN2CCCCC2)[C@@H](C)OC(=O)C[C@@H](O)[C@H](C)[C@@H](O[C@@H]2O[C@H](C)[C@@H](O)[C@H](N(C)C)[C@H]2O)[C@@H](CCN2CCCCC2)C[C@@H](C)C(=O)\C=C\1. The van der Waals surface area contributed by atoms with Crippen LogP contribution in [0.15, 0.2) is 23.8 Å². The zero-order valence-electron chi connectivity index (χ0n) is 32.5. The van der Waals surface area contributed by atoms with Gasteiger partial charge in [-0.2, -0.15) is 0 Å². The molecule has 0 aromatic carbocycles. The number of ketones is 1. The lowest BCUT2D eigenvalue weighted by Gasteiger charge is -2.47. The summed E-state index contributed by atoms with van der Waals surface area (Å²) in [6.07, 6.45) is 7.75. The highest BCUT2D eigenvalue weighted by Crippen LogP contribution is 2.35. The molecule has 11 nitrogen and oxygen atoms in total. The van der Waals surface area contributed by atoms with E-state index in [1.165, 1.54) is 12.8 Å². The smallest absolute Gasteiger partial charge is 0.308 e. The van der Waals surface area contributed by atoms with Crippen LogP contribution >= 0.6 is 0 Å². The van der Waals surface area contributed by atoms with Crippen molar-refractivity contribution in [2.45, 2.75) is 141 Å². The van der Waals surface area contributed by atoms with E-state index in [-0.39, 0.29) is 30.0 Å². The second-order valence-corrected chi connectivity index (χ2v) is 16.3. The summed E-state index contributed by atoms with van der Waals surface area (Å²) in [4.78, 5) is 33.8. The average molecular weight is 720 g/mol. The van der Waals surface area contributed by atoms with E-state index in [1.807, 2.05) is 33.8 Å². The first kappa shape index (κ1) is 42.0. The van der Waals surface area contributed by atoms with Gasteiger partial charge in [0.05, 0.1) is 36.9 Å². The van der Waals surface area contributed by atoms with Crippen LogP contribution in [0, 0.1) is 23.7 Å². The van der Waals surface area contributed by atoms with Crippen molar-refractivity contribution >= 4 is 11.8 Å². The number of nitrogens with zero attached hydrogens (tertiary/aromatic N) is 3. The van der Waals surface area contributed by atoms with Crippen molar-refractivity contribution in [3.05, 3.63) is 23.8 Å². The Bertz CT molecular complexity index is 1150. The summed E-state index contributed by atoms with van der Waals surface area (Å²) in [5.74, 6) is -1.61. The number of aliphatic hydroxyl groups excluding tert-OH is 3. The van der Waals surface area contributed by atoms with Crippen LogP contribution in [0.4, 0.5) is 0 Å². The second kappa shape index (κ2) is 20.1. The van der Waals surface area contributed by atoms with Crippen molar-refractivity contribution in [1.29, 1.82) is 0 Å². The molecule has 3 N–H and O–H groups in total. The fourth-order valence-corrected chi connectivity index (χ4v) is 8.54. The highest BCUT2D eigenvalue weighted by molar-refractivity contribution is 5.91. The van der Waals surface area contributed by atoms with E-state index >= 15 is 0 Å². The number of hydrogen-bond donors (Lipinski definition) is 3. The van der Waals surface area contributed by atoms with Crippen molar-refractivity contribution in [2.75, 3.05) is 53.4 Å². The highest BCUT2D eigenvalue weighted by atomic mass is 16.7. The summed E-state index contributed by atoms with van der Waals surface area (Å²) in [6.45, 7) is 15.1. The first-order chi connectivity index (χ1) is 24.2. The number of likely N-dealkylation sites (tertiary alicyclic amines) is 2. The number of allylic oxidation sites excluding steroid dienone is 3. The van der Waals surface area contributed by atoms with Crippen molar-refractivity contribution in [3.8, 4) is 0 Å². The first-order valence-corrected chi connectivity index (χ1v) is 19.8. The summed E-state index contributed by atoms with van der Waals surface area (Å²) < 4.78 is 18.9. The molecule has 0 radical (unpaired) electrons. The molecule has 51 heavy (non-hydrogen) atoms. The molecule has 4 rings (SSSR count). The third kappa shape index (κ3) is 12.2. The molecule has 0 aliphatic carbocycles. The zero-order valence-corrected chi connectivity index (χ0v) is 32.5. The number of likely N-dealkylation sites (N-methyl/N-ethyl adjacent to an activating group) is 1. The maximum absolute atomic E-state index is 13.7. The van der Waals surface area contributed by atoms with Crippen LogP contribution < -0.4 is 0 Å². The van der Waals surface area contributed by atoms with Crippen LogP contribution in [-0.2, 0) is 23.8 Å². The maximum Gasteiger partial charge on any atom is 0.308 e. The normalized spacial score (nSPS) is 40.8. The van der Waals surface area contributed by atoms with Gasteiger partial charge >= 0.3 is 5.97 Å². The lowest BCUT2D eigenvalue weighted by molar-refractivity contribution is -0.304. The minimum Gasteiger partial charge on any atom is -0.462 e. The summed E-state index contributed by atoms with van der Waals surface area (Å²) in [7, 11) is 3.60. The minimum absolute atomic E-state index is 0.0233. The Morgan fingerprint density at radius 2 is 1.49 bits per heavy atom. The highest BCUT2D eigenvalue weighted by Gasteiger charge is 2.47. The van der Waals surface area contributed by atoms with Gasteiger partial charge in [-0.1, -0.05) is 44.4 Å². The van der Waals surface area contributed by atoms with Gasteiger partial charge in [0.2, 0.25) is 0 Å². The van der Waals surface area contributed by atoms with Crippen LogP contribution in [0.1, 0.15) is 92.4 Å². The summed E-state index contributed by atoms with van der Waals surface area (Å²) in [5.41, 5.74) is 0.944. The Hall–Kier alpha value is -1.70. The van der Waals surface area contributed by atoms with E-state index in [2.05, 4.69) is 15.9 Å². The average Bonchev–Trinajstić information content (AvgIpc) is 3.09. The summed E-state index contributed by atoms with van der Waals surface area (Å²) in [5, 5.41) is 34.1. The molecular weight excluding hydrogens is 650 g/mol. The van der Waals surface area contributed by atoms with E-state index in [0.717, 1.165) is 70.5 Å². The Morgan fingerprint density at radius 1 is 0.863 bits per heavy atom. The molecule has 11 heteroatoms. The lowest BCUT2D eigenvalue weighted by atomic mass is 9.79. The fraction of sp³-hybridized carbons (Fsp3) is 0.850. The number of piperidine rings is 2. The number of hydrogen-bond acceptors (Lipinski definition) is 11. The van der Waals surface area contributed by atoms with Crippen LogP contribution in [-0.4, -0.2) is 144 Å². The third-order valence-corrected chi connectivity index (χ3v) is 11.9. The van der Waals surface area contributed by atoms with Gasteiger partial charge in [0.25, 0.3) is 0 Å². The van der Waals surface area contributed by atoms with Crippen LogP contribution in [0.25, 0.3) is 0 Å². The Morgan fingerprint density at radius 3 is 2.12 bits per heavy atom. The molecule has 4 heterocycles. The molecule has 4 aliphatic rings. The predicted octanol–water partition coefficient (Wildman–Crippen LogP) is 3.79. The standard InChI is InChI=1S/C40H69N3O8/c1-26-14-15-33(44)27(2)23-31(16-21-42-17-10-8-11-18-42)39(51-40-38(48)36(41(6)7)37(47)30(5)50-40)28(3)34(45)24-35(46)49-29(4)32(22-26)25-43-19-12-9-13-20-43/h14-15,22,27-32,34,36-40,45,47-48H,8-13,16-21,23-25H2,1-7H3/b15-14+,26-22+/t27-,28+,29-,30-,31+,32-,34-,36+,37-,38-,39-,40+/m1/s1. The van der Waals surface area contributed by atoms with Crippen LogP contribution in [0.2, 0.25) is 0 Å². The number of rotatable bonds is 8. The largest absolute Gasteiger partial charge is 0.462 e. The molecule has 292 valence electrons. The quantitative estimate of drug-likeness (QED) is 0.317. The topological polar surface area (TPSA) is 132 Å². The van der Waals surface area contributed by atoms with Gasteiger partial charge in [-0.25, -0.2) is 0 Å². The van der Waals surface area contributed by atoms with Crippen molar-refractivity contribution in [2.24, 2.45) is 23.7 Å². The number of esters is 1. The van der Waals surface area contributed by atoms with E-state index < -0.39 is 60.8 Å². The van der Waals surface area contributed by atoms with E-state index in [4.69, 9.17) is 14.2 Å². The van der Waals surface area contributed by atoms with Crippen molar-refractivity contribution in [3.63, 3.8) is 0 Å². The molecule has 3 saturated heterocycles. The van der Waals surface area contributed by atoms with Gasteiger partial charge < -0.3 is 44.2 Å². The minimum atomic E-state index is -1.17. The molecule has 0 aromatic heterocycles. The third-order valence-electron chi connectivity index (χ3n) is 11.9. The van der Waals surface area contributed by atoms with Gasteiger partial charge in [0.15, 0.2) is 12.1 Å². The first-order valence-electron chi connectivity index (χ1n) is 19.8. The maximum atomic E-state index is 13.7. The number of carbonyl (C=O) groups is 2. The molecule has 0 unspecified atom stereocenters. The van der Waals surface area contributed by atoms with Gasteiger partial charge in [0, 0.05) is 24.3 Å². The number of cyclic esters (lactones) is 1. The second-order valence-electron chi connectivity index (χ2n) is 16.3. The monoisotopic (exact) mass is 720 g/mol. The Labute approximate surface area is 307 Å². The van der Waals surface area contributed by atoms with E-state index in [0.29, 0.717) is 12.8 Å². The lowest BCUT2D eigenvalue weighted by Crippen LogP contribution is -2.63. The van der Waals surface area contributed by atoms with Gasteiger partial charge in [-0.15, -0.1) is 0 Å². The zero-order chi connectivity index (χ0) is 37.2. The molecule has 3 fully saturated rings. The molecule has 0 saturated carbocycles. The van der Waals surface area contributed by atoms with Crippen LogP contribution in [0.3, 0.4) is 0 Å². The van der Waals surface area contributed by atoms with Crippen molar-refractivity contribution in [1.82, 2.24) is 14.7 Å². The number of aliphatic hydroxyl groups is 3. The van der Waals surface area contributed by atoms with Gasteiger partial charge in [0.1, 0.15) is 12.2 Å². The number of carbonyl (C=O) groups excluding carboxylic acids is 2. The Balaban J connectivity index is 1.66. The fourth-order valence-electron chi connectivity index (χ4n) is 8.54. The summed E-state index contributed by atoms with van der Waals surface area (Å²) in [6, 6.07) is -0.631. The Kier molecular flexibility index (Phi) is 16.6.